The Bertz CT molecular complexity index is 711. The Morgan fingerprint density at radius 3 is 2.68 bits per heavy atom. The molecule has 2 aromatic rings. The fourth-order valence-electron chi connectivity index (χ4n) is 2.53. The molecule has 1 aliphatic heterocycles. The van der Waals surface area contributed by atoms with Crippen LogP contribution in [0.25, 0.3) is 0 Å². The molecule has 1 fully saturated rings. The summed E-state index contributed by atoms with van der Waals surface area (Å²) in [6.45, 7) is 4.20. The van der Waals surface area contributed by atoms with Crippen LogP contribution in [0.3, 0.4) is 0 Å². The van der Waals surface area contributed by atoms with E-state index in [4.69, 9.17) is 0 Å². The normalized spacial score (nSPS) is 16.4. The molecule has 0 aliphatic carbocycles. The molecule has 0 saturated carbocycles. The van der Waals surface area contributed by atoms with Gasteiger partial charge in [-0.05, 0) is 30.5 Å². The summed E-state index contributed by atoms with van der Waals surface area (Å²) < 4.78 is 0. The van der Waals surface area contributed by atoms with Crippen LogP contribution >= 0.6 is 36.2 Å². The number of hydrogen-bond acceptors (Lipinski definition) is 5. The van der Waals surface area contributed by atoms with E-state index in [1.807, 2.05) is 10.3 Å². The average Bonchev–Trinajstić information content (AvgIpc) is 3.03. The standard InChI is InChI=1S/C16H18N4O2S.2ClH/c1-11-10-20(8-7-18-11)16(22)14-13(4-9-23-14)19-15(21)12-2-5-17-6-3-12;;/h2-6,9,11,18H,7-8,10H2,1H3,(H,19,21);2*1H. The minimum absolute atomic E-state index is 0. The lowest BCUT2D eigenvalue weighted by Crippen LogP contribution is -2.51. The predicted octanol–water partition coefficient (Wildman–Crippen LogP) is 2.67. The van der Waals surface area contributed by atoms with Gasteiger partial charge in [0.05, 0.1) is 5.69 Å². The Kier molecular flexibility index (Phi) is 8.31. The van der Waals surface area contributed by atoms with E-state index in [1.165, 1.54) is 11.3 Å². The molecule has 136 valence electrons. The lowest BCUT2D eigenvalue weighted by molar-refractivity contribution is 0.0715. The van der Waals surface area contributed by atoms with E-state index in [2.05, 4.69) is 22.5 Å². The molecule has 25 heavy (non-hydrogen) atoms. The number of rotatable bonds is 3. The van der Waals surface area contributed by atoms with Crippen molar-refractivity contribution < 1.29 is 9.59 Å². The summed E-state index contributed by atoms with van der Waals surface area (Å²) in [7, 11) is 0. The molecular formula is C16H20Cl2N4O2S. The molecule has 9 heteroatoms. The number of hydrogen-bond donors (Lipinski definition) is 2. The van der Waals surface area contributed by atoms with Gasteiger partial charge < -0.3 is 15.5 Å². The second-order valence-electron chi connectivity index (χ2n) is 5.46. The van der Waals surface area contributed by atoms with Crippen LogP contribution in [0, 0.1) is 0 Å². The number of thiophene rings is 1. The van der Waals surface area contributed by atoms with E-state index in [9.17, 15) is 9.59 Å². The highest BCUT2D eigenvalue weighted by molar-refractivity contribution is 7.12. The molecular weight excluding hydrogens is 383 g/mol. The maximum Gasteiger partial charge on any atom is 0.266 e. The molecule has 2 N–H and O–H groups in total. The Morgan fingerprint density at radius 1 is 1.28 bits per heavy atom. The first kappa shape index (κ1) is 21.4. The van der Waals surface area contributed by atoms with Crippen LogP contribution in [-0.4, -0.2) is 47.4 Å². The number of amides is 2. The molecule has 1 unspecified atom stereocenters. The first-order valence-corrected chi connectivity index (χ1v) is 8.34. The van der Waals surface area contributed by atoms with Gasteiger partial charge in [-0.3, -0.25) is 14.6 Å². The third-order valence-corrected chi connectivity index (χ3v) is 4.61. The van der Waals surface area contributed by atoms with Crippen molar-refractivity contribution in [1.82, 2.24) is 15.2 Å². The fraction of sp³-hybridized carbons (Fsp3) is 0.312. The second-order valence-corrected chi connectivity index (χ2v) is 6.38. The van der Waals surface area contributed by atoms with Crippen LogP contribution in [0.4, 0.5) is 5.69 Å². The topological polar surface area (TPSA) is 74.3 Å². The number of carbonyl (C=O) groups excluding carboxylic acids is 2. The van der Waals surface area contributed by atoms with Crippen LogP contribution in [0.1, 0.15) is 27.0 Å². The van der Waals surface area contributed by atoms with Gasteiger partial charge in [-0.2, -0.15) is 0 Å². The lowest BCUT2D eigenvalue weighted by atomic mass is 10.2. The number of halogens is 2. The third kappa shape index (κ3) is 5.15. The van der Waals surface area contributed by atoms with Crippen molar-refractivity contribution in [3.8, 4) is 0 Å². The molecule has 3 rings (SSSR count). The minimum atomic E-state index is -0.242. The molecule has 3 heterocycles. The molecule has 0 spiro atoms. The molecule has 0 bridgehead atoms. The molecule has 0 radical (unpaired) electrons. The molecule has 1 atom stereocenters. The minimum Gasteiger partial charge on any atom is -0.335 e. The van der Waals surface area contributed by atoms with E-state index in [0.29, 0.717) is 29.2 Å². The van der Waals surface area contributed by atoms with Crippen LogP contribution in [0.2, 0.25) is 0 Å². The Labute approximate surface area is 162 Å². The molecule has 2 aromatic heterocycles. The zero-order valence-corrected chi connectivity index (χ0v) is 16.0. The summed E-state index contributed by atoms with van der Waals surface area (Å²) in [6, 6.07) is 5.33. The van der Waals surface area contributed by atoms with Crippen molar-refractivity contribution in [3.63, 3.8) is 0 Å². The van der Waals surface area contributed by atoms with Crippen molar-refractivity contribution in [2.75, 3.05) is 25.0 Å². The van der Waals surface area contributed by atoms with Gasteiger partial charge in [0.1, 0.15) is 4.88 Å². The van der Waals surface area contributed by atoms with Crippen molar-refractivity contribution in [1.29, 1.82) is 0 Å². The smallest absolute Gasteiger partial charge is 0.266 e. The summed E-state index contributed by atoms with van der Waals surface area (Å²) >= 11 is 1.35. The van der Waals surface area contributed by atoms with Crippen molar-refractivity contribution in [2.45, 2.75) is 13.0 Å². The quantitative estimate of drug-likeness (QED) is 0.827. The summed E-state index contributed by atoms with van der Waals surface area (Å²) in [6.07, 6.45) is 3.13. The maximum atomic E-state index is 12.7. The highest BCUT2D eigenvalue weighted by atomic mass is 35.5. The maximum absolute atomic E-state index is 12.7. The van der Waals surface area contributed by atoms with Crippen molar-refractivity contribution >= 4 is 53.7 Å². The largest absolute Gasteiger partial charge is 0.335 e. The van der Waals surface area contributed by atoms with E-state index in [0.717, 1.165) is 6.54 Å². The number of pyridine rings is 1. The molecule has 1 saturated heterocycles. The van der Waals surface area contributed by atoms with Gasteiger partial charge in [-0.1, -0.05) is 0 Å². The predicted molar refractivity (Wildman–Crippen MR) is 104 cm³/mol. The highest BCUT2D eigenvalue weighted by Gasteiger charge is 2.25. The van der Waals surface area contributed by atoms with E-state index in [-0.39, 0.29) is 42.7 Å². The van der Waals surface area contributed by atoms with Crippen LogP contribution in [0.5, 0.6) is 0 Å². The number of piperazine rings is 1. The number of anilines is 1. The van der Waals surface area contributed by atoms with Gasteiger partial charge in [-0.15, -0.1) is 36.2 Å². The van der Waals surface area contributed by atoms with E-state index >= 15 is 0 Å². The summed E-state index contributed by atoms with van der Waals surface area (Å²) in [5.41, 5.74) is 1.08. The number of aromatic nitrogens is 1. The van der Waals surface area contributed by atoms with Crippen molar-refractivity contribution in [2.24, 2.45) is 0 Å². The van der Waals surface area contributed by atoms with Gasteiger partial charge >= 0.3 is 0 Å². The Hall–Kier alpha value is -1.67. The zero-order chi connectivity index (χ0) is 16.2. The monoisotopic (exact) mass is 402 g/mol. The molecule has 2 amide bonds. The lowest BCUT2D eigenvalue weighted by Gasteiger charge is -2.31. The molecule has 1 aliphatic rings. The first-order chi connectivity index (χ1) is 11.1. The van der Waals surface area contributed by atoms with Crippen LogP contribution < -0.4 is 10.6 Å². The number of carbonyl (C=O) groups is 2. The SMILES string of the molecule is CC1CN(C(=O)c2sccc2NC(=O)c2ccncc2)CCN1.Cl.Cl. The summed E-state index contributed by atoms with van der Waals surface area (Å²) in [4.78, 5) is 31.2. The van der Waals surface area contributed by atoms with E-state index < -0.39 is 0 Å². The average molecular weight is 403 g/mol. The van der Waals surface area contributed by atoms with Gasteiger partial charge in [0.25, 0.3) is 11.8 Å². The highest BCUT2D eigenvalue weighted by Crippen LogP contribution is 2.25. The fourth-order valence-corrected chi connectivity index (χ4v) is 3.35. The van der Waals surface area contributed by atoms with Gasteiger partial charge in [-0.25, -0.2) is 0 Å². The first-order valence-electron chi connectivity index (χ1n) is 7.46. The summed E-state index contributed by atoms with van der Waals surface area (Å²) in [5.74, 6) is -0.271. The summed E-state index contributed by atoms with van der Waals surface area (Å²) in [5, 5.41) is 7.95. The molecule has 6 nitrogen and oxygen atoms in total. The van der Waals surface area contributed by atoms with Crippen LogP contribution in [-0.2, 0) is 0 Å². The van der Waals surface area contributed by atoms with Gasteiger partial charge in [0.15, 0.2) is 0 Å². The Morgan fingerprint density at radius 2 is 2.00 bits per heavy atom. The van der Waals surface area contributed by atoms with Gasteiger partial charge in [0, 0.05) is 43.6 Å². The number of nitrogens with zero attached hydrogens (tertiary/aromatic N) is 2. The Balaban J connectivity index is 0.00000156. The number of nitrogens with one attached hydrogen (secondary N) is 2. The zero-order valence-electron chi connectivity index (χ0n) is 13.6. The second kappa shape index (κ2) is 9.72. The molecule has 0 aromatic carbocycles. The van der Waals surface area contributed by atoms with Crippen molar-refractivity contribution in [3.05, 3.63) is 46.4 Å². The van der Waals surface area contributed by atoms with Crippen LogP contribution in [0.15, 0.2) is 36.0 Å². The third-order valence-electron chi connectivity index (χ3n) is 3.71. The van der Waals surface area contributed by atoms with E-state index in [1.54, 1.807) is 30.6 Å². The van der Waals surface area contributed by atoms with Gasteiger partial charge in [0.2, 0.25) is 0 Å².